The van der Waals surface area contributed by atoms with E-state index in [-0.39, 0.29) is 12.0 Å². The fraction of sp³-hybridized carbons (Fsp3) is 0.368. The normalized spacial score (nSPS) is 14.4. The number of hydrogen-bond donors (Lipinski definition) is 1. The number of benzene rings is 2. The molecule has 0 aliphatic carbocycles. The molecule has 0 aliphatic heterocycles. The summed E-state index contributed by atoms with van der Waals surface area (Å²) in [5.74, 6) is 0.183. The van der Waals surface area contributed by atoms with Gasteiger partial charge >= 0.3 is 0 Å². The molecule has 0 unspecified atom stereocenters. The fourth-order valence-electron chi connectivity index (χ4n) is 2.81. The second kappa shape index (κ2) is 8.65. The highest BCUT2D eigenvalue weighted by Gasteiger charge is 2.23. The van der Waals surface area contributed by atoms with Gasteiger partial charge in [-0.3, -0.25) is 0 Å². The van der Waals surface area contributed by atoms with Gasteiger partial charge < -0.3 is 5.23 Å². The van der Waals surface area contributed by atoms with Crippen molar-refractivity contribution >= 4 is 18.0 Å². The van der Waals surface area contributed by atoms with Gasteiger partial charge in [0, 0.05) is 19.6 Å². The molecular weight excluding hydrogens is 331 g/mol. The molecule has 6 heteroatoms. The maximum Gasteiger partial charge on any atom is 0.242 e. The summed E-state index contributed by atoms with van der Waals surface area (Å²) < 4.78 is 26.7. The molecule has 4 nitrogen and oxygen atoms in total. The van der Waals surface area contributed by atoms with Crippen molar-refractivity contribution in [1.82, 2.24) is 9.53 Å². The number of sulfonamides is 1. The van der Waals surface area contributed by atoms with Crippen LogP contribution in [-0.2, 0) is 10.0 Å². The third-order valence-electron chi connectivity index (χ3n) is 4.54. The van der Waals surface area contributed by atoms with Crippen molar-refractivity contribution in [3.63, 3.8) is 0 Å². The van der Waals surface area contributed by atoms with Crippen molar-refractivity contribution in [3.8, 4) is 0 Å². The number of aryl methyl sites for hydroxylation is 1. The Morgan fingerprint density at radius 2 is 1.68 bits per heavy atom. The molecule has 0 bridgehead atoms. The van der Waals surface area contributed by atoms with Crippen LogP contribution in [-0.4, -0.2) is 34.3 Å². The Labute approximate surface area is 152 Å². The van der Waals surface area contributed by atoms with Crippen LogP contribution in [0, 0.1) is 12.8 Å². The van der Waals surface area contributed by atoms with Gasteiger partial charge in [0.2, 0.25) is 10.0 Å². The second-order valence-corrected chi connectivity index (χ2v) is 8.51. The van der Waals surface area contributed by atoms with Gasteiger partial charge in [0.15, 0.2) is 7.98 Å². The average Bonchev–Trinajstić information content (AvgIpc) is 2.61. The van der Waals surface area contributed by atoms with Crippen LogP contribution < -0.4 is 5.23 Å². The van der Waals surface area contributed by atoms with Crippen molar-refractivity contribution in [2.45, 2.75) is 31.2 Å². The van der Waals surface area contributed by atoms with Gasteiger partial charge in [-0.2, -0.15) is 0 Å². The van der Waals surface area contributed by atoms with E-state index in [1.165, 1.54) is 4.31 Å². The summed E-state index contributed by atoms with van der Waals surface area (Å²) in [7, 11) is 3.87. The van der Waals surface area contributed by atoms with Gasteiger partial charge in [-0.15, -0.1) is 0 Å². The molecule has 0 saturated heterocycles. The number of nitrogens with zero attached hydrogens (tertiary/aromatic N) is 1. The van der Waals surface area contributed by atoms with Gasteiger partial charge in [0.1, 0.15) is 0 Å². The first kappa shape index (κ1) is 19.7. The van der Waals surface area contributed by atoms with E-state index in [9.17, 15) is 8.42 Å². The lowest BCUT2D eigenvalue weighted by atomic mass is 9.90. The second-order valence-electron chi connectivity index (χ2n) is 6.46. The Morgan fingerprint density at radius 1 is 1.08 bits per heavy atom. The average molecular weight is 356 g/mol. The van der Waals surface area contributed by atoms with Crippen molar-refractivity contribution in [3.05, 3.63) is 65.7 Å². The number of hydrogen-bond acceptors (Lipinski definition) is 3. The molecule has 25 heavy (non-hydrogen) atoms. The maximum atomic E-state index is 12.7. The van der Waals surface area contributed by atoms with Crippen molar-refractivity contribution in [2.24, 2.45) is 5.92 Å². The van der Waals surface area contributed by atoms with E-state index in [0.29, 0.717) is 17.9 Å². The minimum absolute atomic E-state index is 0.0170. The topological polar surface area (TPSA) is 49.4 Å². The van der Waals surface area contributed by atoms with Crippen LogP contribution in [0.25, 0.3) is 0 Å². The summed E-state index contributed by atoms with van der Waals surface area (Å²) in [4.78, 5) is 0.324. The van der Waals surface area contributed by atoms with Gasteiger partial charge in [-0.05, 0) is 37.0 Å². The van der Waals surface area contributed by atoms with E-state index in [1.807, 2.05) is 49.4 Å². The van der Waals surface area contributed by atoms with Gasteiger partial charge in [0.25, 0.3) is 0 Å². The lowest BCUT2D eigenvalue weighted by Gasteiger charge is -2.26. The molecule has 0 fully saturated rings. The maximum absolute atomic E-state index is 12.7. The molecule has 0 aromatic heterocycles. The Hall–Kier alpha value is -1.63. The van der Waals surface area contributed by atoms with E-state index >= 15 is 0 Å². The minimum Gasteiger partial charge on any atom is -0.360 e. The van der Waals surface area contributed by atoms with E-state index in [1.54, 1.807) is 19.2 Å². The monoisotopic (exact) mass is 356 g/mol. The van der Waals surface area contributed by atoms with E-state index in [0.717, 1.165) is 11.1 Å². The molecule has 2 atom stereocenters. The minimum atomic E-state index is -3.47. The molecule has 2 rings (SSSR count). The first-order chi connectivity index (χ1) is 11.9. The third-order valence-corrected chi connectivity index (χ3v) is 6.41. The molecular formula is C19H25BN2O2S. The molecule has 2 aromatic carbocycles. The Morgan fingerprint density at radius 3 is 2.24 bits per heavy atom. The van der Waals surface area contributed by atoms with Crippen molar-refractivity contribution in [2.75, 3.05) is 13.6 Å². The summed E-state index contributed by atoms with van der Waals surface area (Å²) in [6.45, 7) is 4.44. The van der Waals surface area contributed by atoms with E-state index in [4.69, 9.17) is 7.98 Å². The third kappa shape index (κ3) is 4.94. The summed E-state index contributed by atoms with van der Waals surface area (Å²) in [5.41, 5.74) is 2.14. The number of nitrogens with one attached hydrogen (secondary N) is 1. The molecule has 1 N–H and O–H groups in total. The van der Waals surface area contributed by atoms with Crippen molar-refractivity contribution in [1.29, 1.82) is 0 Å². The number of rotatable bonds is 8. The summed E-state index contributed by atoms with van der Waals surface area (Å²) >= 11 is 0. The highest BCUT2D eigenvalue weighted by Crippen LogP contribution is 2.25. The molecule has 0 spiro atoms. The molecule has 2 radical (unpaired) electrons. The van der Waals surface area contributed by atoms with E-state index in [2.05, 4.69) is 12.2 Å². The molecule has 0 saturated carbocycles. The SMILES string of the molecule is [B]N[C@@H](c1ccccc1)[C@@H](C)CCN(C)S(=O)(=O)c1ccc(C)cc1. The van der Waals surface area contributed by atoms with Crippen LogP contribution in [0.5, 0.6) is 0 Å². The zero-order valence-corrected chi connectivity index (χ0v) is 15.8. The zero-order valence-electron chi connectivity index (χ0n) is 15.0. The van der Waals surface area contributed by atoms with E-state index < -0.39 is 10.0 Å². The van der Waals surface area contributed by atoms with Gasteiger partial charge in [-0.1, -0.05) is 55.0 Å². The lowest BCUT2D eigenvalue weighted by Crippen LogP contribution is -2.31. The van der Waals surface area contributed by atoms with Crippen molar-refractivity contribution < 1.29 is 8.42 Å². The molecule has 0 aliphatic rings. The summed E-state index contributed by atoms with van der Waals surface area (Å²) in [6, 6.07) is 16.9. The standard InChI is InChI=1S/C19H25BN2O2S/c1-15-9-11-18(12-10-15)25(23,24)22(3)14-13-16(2)19(21-20)17-7-5-4-6-8-17/h4-12,16,19,21H,13-14H2,1-3H3/t16-,19+/m0/s1. The summed E-state index contributed by atoms with van der Waals surface area (Å²) in [5, 5.41) is 2.85. The van der Waals surface area contributed by atoms with Crippen LogP contribution >= 0.6 is 0 Å². The highest BCUT2D eigenvalue weighted by molar-refractivity contribution is 7.89. The zero-order chi connectivity index (χ0) is 18.4. The van der Waals surface area contributed by atoms with Crippen LogP contribution in [0.2, 0.25) is 0 Å². The molecule has 0 heterocycles. The van der Waals surface area contributed by atoms with Crippen LogP contribution in [0.1, 0.15) is 30.5 Å². The summed E-state index contributed by atoms with van der Waals surface area (Å²) in [6.07, 6.45) is 0.700. The van der Waals surface area contributed by atoms with Crippen LogP contribution in [0.4, 0.5) is 0 Å². The Balaban J connectivity index is 2.02. The fourth-order valence-corrected chi connectivity index (χ4v) is 4.00. The first-order valence-corrected chi connectivity index (χ1v) is 9.84. The lowest BCUT2D eigenvalue weighted by molar-refractivity contribution is 0.365. The Bertz CT molecular complexity index is 764. The molecule has 132 valence electrons. The first-order valence-electron chi connectivity index (χ1n) is 8.40. The quantitative estimate of drug-likeness (QED) is 0.740. The largest absolute Gasteiger partial charge is 0.360 e. The molecule has 0 amide bonds. The van der Waals surface area contributed by atoms with Gasteiger partial charge in [-0.25, -0.2) is 12.7 Å². The van der Waals surface area contributed by atoms with Crippen LogP contribution in [0.3, 0.4) is 0 Å². The van der Waals surface area contributed by atoms with Crippen LogP contribution in [0.15, 0.2) is 59.5 Å². The molecule has 2 aromatic rings. The predicted octanol–water partition coefficient (Wildman–Crippen LogP) is 3.06. The Kier molecular flexibility index (Phi) is 6.82. The smallest absolute Gasteiger partial charge is 0.242 e. The predicted molar refractivity (Wildman–Crippen MR) is 103 cm³/mol. The van der Waals surface area contributed by atoms with Gasteiger partial charge in [0.05, 0.1) is 4.90 Å². The highest BCUT2D eigenvalue weighted by atomic mass is 32.2.